The number of carbonyl (C=O) groups excluding carboxylic acids is 1. The van der Waals surface area contributed by atoms with Gasteiger partial charge in [0.15, 0.2) is 0 Å². The molecule has 0 spiro atoms. The van der Waals surface area contributed by atoms with Crippen molar-refractivity contribution in [2.75, 3.05) is 19.9 Å². The van der Waals surface area contributed by atoms with E-state index in [2.05, 4.69) is 15.5 Å². The van der Waals surface area contributed by atoms with E-state index in [4.69, 9.17) is 4.74 Å². The van der Waals surface area contributed by atoms with Gasteiger partial charge in [-0.1, -0.05) is 36.0 Å². The van der Waals surface area contributed by atoms with Crippen molar-refractivity contribution >= 4 is 17.7 Å². The molecule has 1 amide bonds. The van der Waals surface area contributed by atoms with E-state index >= 15 is 0 Å². The highest BCUT2D eigenvalue weighted by molar-refractivity contribution is 7.99. The van der Waals surface area contributed by atoms with Crippen LogP contribution in [0.1, 0.15) is 5.56 Å². The van der Waals surface area contributed by atoms with E-state index in [1.807, 2.05) is 24.3 Å². The predicted molar refractivity (Wildman–Crippen MR) is 99.3 cm³/mol. The number of para-hydroxylation sites is 1. The Morgan fingerprint density at radius 2 is 2.07 bits per heavy atom. The SMILES string of the molecule is COc1ccccc1CN(C)C(=O)CSc1nnnn1-c1cccc(F)c1. The first kappa shape index (κ1) is 18.8. The number of ether oxygens (including phenoxy) is 1. The van der Waals surface area contributed by atoms with Gasteiger partial charge in [0, 0.05) is 19.2 Å². The minimum atomic E-state index is -0.383. The van der Waals surface area contributed by atoms with Crippen LogP contribution < -0.4 is 4.74 Å². The molecule has 1 heterocycles. The third-order valence-electron chi connectivity index (χ3n) is 3.84. The number of amides is 1. The number of tetrazole rings is 1. The standard InChI is InChI=1S/C18H18FN5O2S/c1-23(11-13-6-3-4-9-16(13)26-2)17(25)12-27-18-20-21-22-24(18)15-8-5-7-14(19)10-15/h3-10H,11-12H2,1-2H3. The molecule has 0 aliphatic heterocycles. The van der Waals surface area contributed by atoms with Gasteiger partial charge in [0.25, 0.3) is 0 Å². The molecule has 0 bridgehead atoms. The average molecular weight is 387 g/mol. The molecular weight excluding hydrogens is 369 g/mol. The third kappa shape index (κ3) is 4.62. The van der Waals surface area contributed by atoms with Gasteiger partial charge in [-0.05, 0) is 34.7 Å². The van der Waals surface area contributed by atoms with Gasteiger partial charge in [-0.25, -0.2) is 4.39 Å². The van der Waals surface area contributed by atoms with Crippen LogP contribution in [0, 0.1) is 5.82 Å². The zero-order chi connectivity index (χ0) is 19.2. The van der Waals surface area contributed by atoms with E-state index in [0.29, 0.717) is 17.4 Å². The summed E-state index contributed by atoms with van der Waals surface area (Å²) < 4.78 is 20.1. The van der Waals surface area contributed by atoms with Gasteiger partial charge in [-0.15, -0.1) is 5.10 Å². The Balaban J connectivity index is 1.64. The lowest BCUT2D eigenvalue weighted by Crippen LogP contribution is -2.28. The Hall–Kier alpha value is -2.94. The summed E-state index contributed by atoms with van der Waals surface area (Å²) >= 11 is 1.19. The number of hydrogen-bond donors (Lipinski definition) is 0. The lowest BCUT2D eigenvalue weighted by atomic mass is 10.2. The van der Waals surface area contributed by atoms with Crippen molar-refractivity contribution in [3.63, 3.8) is 0 Å². The van der Waals surface area contributed by atoms with Crippen molar-refractivity contribution < 1.29 is 13.9 Å². The number of aromatic nitrogens is 4. The smallest absolute Gasteiger partial charge is 0.233 e. The summed E-state index contributed by atoms with van der Waals surface area (Å²) in [5.74, 6) is 0.424. The number of hydrogen-bond acceptors (Lipinski definition) is 6. The molecule has 2 aromatic carbocycles. The second-order valence-corrected chi connectivity index (χ2v) is 6.65. The van der Waals surface area contributed by atoms with Crippen LogP contribution in [-0.2, 0) is 11.3 Å². The largest absolute Gasteiger partial charge is 0.496 e. The van der Waals surface area contributed by atoms with Crippen LogP contribution >= 0.6 is 11.8 Å². The molecule has 0 saturated carbocycles. The average Bonchev–Trinajstić information content (AvgIpc) is 3.15. The van der Waals surface area contributed by atoms with Crippen LogP contribution in [0.3, 0.4) is 0 Å². The molecule has 27 heavy (non-hydrogen) atoms. The van der Waals surface area contributed by atoms with Crippen LogP contribution in [0.5, 0.6) is 5.75 Å². The number of methoxy groups -OCH3 is 1. The van der Waals surface area contributed by atoms with E-state index in [9.17, 15) is 9.18 Å². The van der Waals surface area contributed by atoms with Crippen molar-refractivity contribution in [1.82, 2.24) is 25.1 Å². The lowest BCUT2D eigenvalue weighted by Gasteiger charge is -2.18. The Kier molecular flexibility index (Phi) is 6.02. The molecule has 0 fully saturated rings. The monoisotopic (exact) mass is 387 g/mol. The summed E-state index contributed by atoms with van der Waals surface area (Å²) in [6.07, 6.45) is 0. The molecule has 3 rings (SSSR count). The van der Waals surface area contributed by atoms with Crippen LogP contribution in [0.25, 0.3) is 5.69 Å². The molecular formula is C18H18FN5O2S. The molecule has 140 valence electrons. The molecule has 0 radical (unpaired) electrons. The second kappa shape index (κ2) is 8.63. The zero-order valence-corrected chi connectivity index (χ0v) is 15.7. The molecule has 1 aromatic heterocycles. The van der Waals surface area contributed by atoms with Crippen molar-refractivity contribution in [2.45, 2.75) is 11.7 Å². The minimum absolute atomic E-state index is 0.0836. The maximum absolute atomic E-state index is 13.4. The van der Waals surface area contributed by atoms with Crippen molar-refractivity contribution in [3.8, 4) is 11.4 Å². The Bertz CT molecular complexity index is 933. The summed E-state index contributed by atoms with van der Waals surface area (Å²) in [6.45, 7) is 0.429. The highest BCUT2D eigenvalue weighted by Crippen LogP contribution is 2.21. The zero-order valence-electron chi connectivity index (χ0n) is 14.9. The quantitative estimate of drug-likeness (QED) is 0.580. The fourth-order valence-electron chi connectivity index (χ4n) is 2.45. The van der Waals surface area contributed by atoms with Gasteiger partial charge < -0.3 is 9.64 Å². The summed E-state index contributed by atoms with van der Waals surface area (Å²) in [7, 11) is 3.33. The first-order valence-corrected chi connectivity index (χ1v) is 9.10. The molecule has 0 unspecified atom stereocenters. The third-order valence-corrected chi connectivity index (χ3v) is 4.75. The minimum Gasteiger partial charge on any atom is -0.496 e. The van der Waals surface area contributed by atoms with E-state index in [0.717, 1.165) is 11.3 Å². The number of benzene rings is 2. The number of carbonyl (C=O) groups is 1. The summed E-state index contributed by atoms with van der Waals surface area (Å²) in [4.78, 5) is 14.1. The Morgan fingerprint density at radius 1 is 1.26 bits per heavy atom. The molecule has 9 heteroatoms. The number of thioether (sulfide) groups is 1. The summed E-state index contributed by atoms with van der Waals surface area (Å²) in [5, 5.41) is 11.8. The van der Waals surface area contributed by atoms with Gasteiger partial charge in [-0.3, -0.25) is 4.79 Å². The first-order valence-electron chi connectivity index (χ1n) is 8.11. The molecule has 3 aromatic rings. The molecule has 0 N–H and O–H groups in total. The Labute approximate surface area is 160 Å². The van der Waals surface area contributed by atoms with Crippen molar-refractivity contribution in [2.24, 2.45) is 0 Å². The second-order valence-electron chi connectivity index (χ2n) is 5.70. The van der Waals surface area contributed by atoms with E-state index < -0.39 is 0 Å². The van der Waals surface area contributed by atoms with Crippen molar-refractivity contribution in [3.05, 3.63) is 59.9 Å². The number of nitrogens with zero attached hydrogens (tertiary/aromatic N) is 5. The normalized spacial score (nSPS) is 10.6. The van der Waals surface area contributed by atoms with E-state index in [1.54, 1.807) is 31.2 Å². The van der Waals surface area contributed by atoms with Gasteiger partial charge in [-0.2, -0.15) is 4.68 Å². The first-order chi connectivity index (χ1) is 13.1. The highest BCUT2D eigenvalue weighted by Gasteiger charge is 2.16. The van der Waals surface area contributed by atoms with Crippen LogP contribution in [0.2, 0.25) is 0 Å². The van der Waals surface area contributed by atoms with Gasteiger partial charge >= 0.3 is 0 Å². The maximum atomic E-state index is 13.4. The van der Waals surface area contributed by atoms with Crippen LogP contribution in [-0.4, -0.2) is 50.9 Å². The molecule has 0 aliphatic rings. The summed E-state index contributed by atoms with van der Waals surface area (Å²) in [6, 6.07) is 13.5. The number of rotatable bonds is 7. The lowest BCUT2D eigenvalue weighted by molar-refractivity contribution is -0.127. The summed E-state index contributed by atoms with van der Waals surface area (Å²) in [5.41, 5.74) is 1.42. The van der Waals surface area contributed by atoms with E-state index in [1.165, 1.54) is 28.6 Å². The van der Waals surface area contributed by atoms with Gasteiger partial charge in [0.1, 0.15) is 11.6 Å². The van der Waals surface area contributed by atoms with Gasteiger partial charge in [0.2, 0.25) is 11.1 Å². The Morgan fingerprint density at radius 3 is 2.85 bits per heavy atom. The number of halogens is 1. The fourth-order valence-corrected chi connectivity index (χ4v) is 3.28. The highest BCUT2D eigenvalue weighted by atomic mass is 32.2. The van der Waals surface area contributed by atoms with Crippen LogP contribution in [0.4, 0.5) is 4.39 Å². The molecule has 0 aliphatic carbocycles. The molecule has 7 nitrogen and oxygen atoms in total. The van der Waals surface area contributed by atoms with Crippen LogP contribution in [0.15, 0.2) is 53.7 Å². The maximum Gasteiger partial charge on any atom is 0.233 e. The van der Waals surface area contributed by atoms with Crippen molar-refractivity contribution in [1.29, 1.82) is 0 Å². The fraction of sp³-hybridized carbons (Fsp3) is 0.222. The topological polar surface area (TPSA) is 73.1 Å². The van der Waals surface area contributed by atoms with Gasteiger partial charge in [0.05, 0.1) is 18.6 Å². The molecule has 0 saturated heterocycles. The molecule has 0 atom stereocenters. The van der Waals surface area contributed by atoms with E-state index in [-0.39, 0.29) is 17.5 Å². The predicted octanol–water partition coefficient (Wildman–Crippen LogP) is 2.56.